The molecule has 1 aromatic rings. The second-order valence-corrected chi connectivity index (χ2v) is 6.70. The molecule has 2 N–H and O–H groups in total. The Morgan fingerprint density at radius 1 is 1.07 bits per heavy atom. The molecule has 2 rings (SSSR count). The van der Waals surface area contributed by atoms with E-state index in [1.54, 1.807) is 0 Å². The largest absolute Gasteiger partial charge is 0.416 e. The van der Waals surface area contributed by atoms with Crippen LogP contribution in [0.5, 0.6) is 0 Å². The highest BCUT2D eigenvalue weighted by molar-refractivity contribution is 5.79. The van der Waals surface area contributed by atoms with Gasteiger partial charge in [0.2, 0.25) is 0 Å². The highest BCUT2D eigenvalue weighted by atomic mass is 19.4. The Morgan fingerprint density at radius 2 is 1.75 bits per heavy atom. The van der Waals surface area contributed by atoms with E-state index < -0.39 is 17.6 Å². The number of benzene rings is 1. The first kappa shape index (κ1) is 22.4. The van der Waals surface area contributed by atoms with Gasteiger partial charge in [-0.15, -0.1) is 0 Å². The Hall–Kier alpha value is -1.87. The molecular formula is C19H29F4N5. The highest BCUT2D eigenvalue weighted by Crippen LogP contribution is 2.32. The summed E-state index contributed by atoms with van der Waals surface area (Å²) in [6.07, 6.45) is -4.61. The molecule has 1 heterocycles. The quantitative estimate of drug-likeness (QED) is 0.417. The maximum atomic E-state index is 13.2. The number of aliphatic imine (C=N–C) groups is 1. The van der Waals surface area contributed by atoms with Crippen molar-refractivity contribution in [2.24, 2.45) is 4.99 Å². The lowest BCUT2D eigenvalue weighted by molar-refractivity contribution is -0.138. The first-order valence-electron chi connectivity index (χ1n) is 9.66. The fourth-order valence-corrected chi connectivity index (χ4v) is 3.12. The van der Waals surface area contributed by atoms with Crippen LogP contribution in [0.25, 0.3) is 0 Å². The molecule has 1 aromatic carbocycles. The Balaban J connectivity index is 1.92. The number of hydrogen-bond acceptors (Lipinski definition) is 3. The zero-order valence-corrected chi connectivity index (χ0v) is 16.4. The molecule has 0 atom stereocenters. The van der Waals surface area contributed by atoms with Gasteiger partial charge in [0.1, 0.15) is 5.82 Å². The normalized spacial score (nSPS) is 17.0. The summed E-state index contributed by atoms with van der Waals surface area (Å²) in [4.78, 5) is 8.99. The molecule has 0 spiro atoms. The number of rotatable bonds is 7. The van der Waals surface area contributed by atoms with Gasteiger partial charge in [-0.2, -0.15) is 13.2 Å². The minimum absolute atomic E-state index is 0.0539. The SMILES string of the molecule is CCNC(=NCc1ccc(F)cc1C(F)(F)F)NCCN1CCN(CC)CC1. The third-order valence-electron chi connectivity index (χ3n) is 4.76. The van der Waals surface area contributed by atoms with E-state index in [9.17, 15) is 17.6 Å². The molecular weight excluding hydrogens is 374 g/mol. The lowest BCUT2D eigenvalue weighted by atomic mass is 10.1. The van der Waals surface area contributed by atoms with Gasteiger partial charge in [-0.25, -0.2) is 9.38 Å². The van der Waals surface area contributed by atoms with E-state index in [1.165, 1.54) is 0 Å². The fourth-order valence-electron chi connectivity index (χ4n) is 3.12. The maximum Gasteiger partial charge on any atom is 0.416 e. The Bertz CT molecular complexity index is 640. The maximum absolute atomic E-state index is 13.2. The number of hydrogen-bond donors (Lipinski definition) is 2. The van der Waals surface area contributed by atoms with Crippen LogP contribution in [-0.4, -0.2) is 68.1 Å². The van der Waals surface area contributed by atoms with Crippen LogP contribution in [0.4, 0.5) is 17.6 Å². The topological polar surface area (TPSA) is 42.9 Å². The third kappa shape index (κ3) is 6.94. The zero-order valence-electron chi connectivity index (χ0n) is 16.4. The molecule has 0 saturated carbocycles. The van der Waals surface area contributed by atoms with Crippen LogP contribution in [0, 0.1) is 5.82 Å². The summed E-state index contributed by atoms with van der Waals surface area (Å²) in [5.74, 6) is -0.458. The van der Waals surface area contributed by atoms with Crippen LogP contribution in [-0.2, 0) is 12.7 Å². The zero-order chi connectivity index (χ0) is 20.6. The molecule has 0 bridgehead atoms. The van der Waals surface area contributed by atoms with Crippen LogP contribution < -0.4 is 10.6 Å². The molecule has 0 aliphatic carbocycles. The molecule has 0 amide bonds. The van der Waals surface area contributed by atoms with Gasteiger partial charge in [-0.3, -0.25) is 4.90 Å². The van der Waals surface area contributed by atoms with E-state index >= 15 is 0 Å². The van der Waals surface area contributed by atoms with E-state index in [1.807, 2.05) is 6.92 Å². The molecule has 0 aromatic heterocycles. The van der Waals surface area contributed by atoms with Crippen molar-refractivity contribution in [2.75, 3.05) is 52.4 Å². The van der Waals surface area contributed by atoms with Crippen molar-refractivity contribution in [3.8, 4) is 0 Å². The van der Waals surface area contributed by atoms with Crippen molar-refractivity contribution in [3.63, 3.8) is 0 Å². The molecule has 0 radical (unpaired) electrons. The van der Waals surface area contributed by atoms with Crippen LogP contribution in [0.15, 0.2) is 23.2 Å². The van der Waals surface area contributed by atoms with Gasteiger partial charge in [0.25, 0.3) is 0 Å². The monoisotopic (exact) mass is 403 g/mol. The molecule has 1 aliphatic rings. The number of nitrogens with one attached hydrogen (secondary N) is 2. The van der Waals surface area contributed by atoms with Crippen molar-refractivity contribution in [3.05, 3.63) is 35.1 Å². The van der Waals surface area contributed by atoms with Crippen LogP contribution in [0.3, 0.4) is 0 Å². The van der Waals surface area contributed by atoms with Crippen LogP contribution in [0.1, 0.15) is 25.0 Å². The number of likely N-dealkylation sites (N-methyl/N-ethyl adjacent to an activating group) is 1. The van der Waals surface area contributed by atoms with Crippen molar-refractivity contribution in [1.82, 2.24) is 20.4 Å². The van der Waals surface area contributed by atoms with E-state index in [4.69, 9.17) is 0 Å². The predicted octanol–water partition coefficient (Wildman–Crippen LogP) is 2.54. The molecule has 1 fully saturated rings. The highest BCUT2D eigenvalue weighted by Gasteiger charge is 2.33. The Kier molecular flexibility index (Phi) is 8.50. The third-order valence-corrected chi connectivity index (χ3v) is 4.76. The van der Waals surface area contributed by atoms with Crippen molar-refractivity contribution < 1.29 is 17.6 Å². The summed E-state index contributed by atoms with van der Waals surface area (Å²) in [6, 6.07) is 2.68. The summed E-state index contributed by atoms with van der Waals surface area (Å²) < 4.78 is 52.5. The average molecular weight is 403 g/mol. The molecule has 0 unspecified atom stereocenters. The standard InChI is InChI=1S/C19H29F4N5/c1-3-24-18(25-7-8-28-11-9-27(4-2)10-12-28)26-14-15-5-6-16(20)13-17(15)19(21,22)23/h5-6,13H,3-4,7-12,14H2,1-2H3,(H2,24,25,26). The van der Waals surface area contributed by atoms with Gasteiger partial charge < -0.3 is 15.5 Å². The summed E-state index contributed by atoms with van der Waals surface area (Å²) >= 11 is 0. The van der Waals surface area contributed by atoms with Crippen molar-refractivity contribution >= 4 is 5.96 Å². The first-order valence-corrected chi connectivity index (χ1v) is 9.66. The minimum atomic E-state index is -4.61. The summed E-state index contributed by atoms with van der Waals surface area (Å²) in [5.41, 5.74) is -1.04. The second-order valence-electron chi connectivity index (χ2n) is 6.70. The van der Waals surface area contributed by atoms with Crippen molar-refractivity contribution in [2.45, 2.75) is 26.6 Å². The number of halogens is 4. The molecule has 28 heavy (non-hydrogen) atoms. The van der Waals surface area contributed by atoms with E-state index in [2.05, 4.69) is 32.3 Å². The lowest BCUT2D eigenvalue weighted by Gasteiger charge is -2.34. The second kappa shape index (κ2) is 10.6. The van der Waals surface area contributed by atoms with Gasteiger partial charge in [-0.05, 0) is 31.2 Å². The summed E-state index contributed by atoms with van der Waals surface area (Å²) in [6.45, 7) is 11.1. The molecule has 1 saturated heterocycles. The Morgan fingerprint density at radius 3 is 2.36 bits per heavy atom. The van der Waals surface area contributed by atoms with Crippen molar-refractivity contribution in [1.29, 1.82) is 0 Å². The van der Waals surface area contributed by atoms with Gasteiger partial charge >= 0.3 is 6.18 Å². The first-order chi connectivity index (χ1) is 13.3. The summed E-state index contributed by atoms with van der Waals surface area (Å²) in [5, 5.41) is 6.19. The van der Waals surface area contributed by atoms with Crippen LogP contribution in [0.2, 0.25) is 0 Å². The molecule has 158 valence electrons. The molecule has 5 nitrogen and oxygen atoms in total. The summed E-state index contributed by atoms with van der Waals surface area (Å²) in [7, 11) is 0. The van der Waals surface area contributed by atoms with Gasteiger partial charge in [0.05, 0.1) is 12.1 Å². The number of guanidine groups is 1. The van der Waals surface area contributed by atoms with E-state index in [0.717, 1.165) is 51.4 Å². The van der Waals surface area contributed by atoms with Gasteiger partial charge in [0, 0.05) is 45.8 Å². The minimum Gasteiger partial charge on any atom is -0.357 e. The number of piperazine rings is 1. The van der Waals surface area contributed by atoms with Crippen LogP contribution >= 0.6 is 0 Å². The molecule has 1 aliphatic heterocycles. The van der Waals surface area contributed by atoms with E-state index in [0.29, 0.717) is 25.1 Å². The number of alkyl halides is 3. The predicted molar refractivity (Wildman–Crippen MR) is 103 cm³/mol. The van der Waals surface area contributed by atoms with E-state index in [-0.39, 0.29) is 12.1 Å². The number of nitrogens with zero attached hydrogens (tertiary/aromatic N) is 3. The molecule has 9 heteroatoms. The fraction of sp³-hybridized carbons (Fsp3) is 0.632. The Labute approximate surface area is 163 Å². The smallest absolute Gasteiger partial charge is 0.357 e. The average Bonchev–Trinajstić information content (AvgIpc) is 2.66. The lowest BCUT2D eigenvalue weighted by Crippen LogP contribution is -2.49. The van der Waals surface area contributed by atoms with Gasteiger partial charge in [0.15, 0.2) is 5.96 Å². The van der Waals surface area contributed by atoms with Gasteiger partial charge in [-0.1, -0.05) is 13.0 Å².